The zero-order valence-electron chi connectivity index (χ0n) is 18.9. The number of para-hydroxylation sites is 1. The van der Waals surface area contributed by atoms with Crippen molar-refractivity contribution in [3.8, 4) is 5.75 Å². The first-order valence-electron chi connectivity index (χ1n) is 11.2. The molecular formula is C25H29N3O4S. The number of furan rings is 1. The highest BCUT2D eigenvalue weighted by Gasteiger charge is 2.26. The molecule has 2 amide bonds. The first kappa shape index (κ1) is 23.1. The molecule has 33 heavy (non-hydrogen) atoms. The van der Waals surface area contributed by atoms with E-state index in [1.54, 1.807) is 19.2 Å². The molecule has 174 valence electrons. The smallest absolute Gasteiger partial charge is 0.291 e. The van der Waals surface area contributed by atoms with Gasteiger partial charge in [-0.2, -0.15) is 0 Å². The second-order valence-corrected chi connectivity index (χ2v) is 9.17. The van der Waals surface area contributed by atoms with Gasteiger partial charge in [0.05, 0.1) is 29.3 Å². The molecule has 0 radical (unpaired) electrons. The number of hydrogen-bond acceptors (Lipinski definition) is 6. The first-order valence-corrected chi connectivity index (χ1v) is 12.0. The summed E-state index contributed by atoms with van der Waals surface area (Å²) in [5, 5.41) is 6.53. The molecule has 7 nitrogen and oxygen atoms in total. The van der Waals surface area contributed by atoms with Gasteiger partial charge >= 0.3 is 0 Å². The fourth-order valence-electron chi connectivity index (χ4n) is 4.23. The molecule has 1 aliphatic rings. The molecule has 0 spiro atoms. The molecule has 1 aromatic carbocycles. The number of anilines is 1. The number of aryl methyl sites for hydroxylation is 1. The molecule has 8 heteroatoms. The van der Waals surface area contributed by atoms with E-state index in [2.05, 4.69) is 21.6 Å². The number of thiophene rings is 1. The van der Waals surface area contributed by atoms with E-state index in [0.717, 1.165) is 42.8 Å². The molecule has 2 N–H and O–H groups in total. The Balaban J connectivity index is 1.47. The van der Waals surface area contributed by atoms with Gasteiger partial charge < -0.3 is 19.8 Å². The van der Waals surface area contributed by atoms with Crippen molar-refractivity contribution in [3.63, 3.8) is 0 Å². The van der Waals surface area contributed by atoms with Gasteiger partial charge in [-0.15, -0.1) is 11.3 Å². The summed E-state index contributed by atoms with van der Waals surface area (Å²) in [6.45, 7) is 4.35. The summed E-state index contributed by atoms with van der Waals surface area (Å²) in [6.07, 6.45) is 5.00. The summed E-state index contributed by atoms with van der Waals surface area (Å²) in [4.78, 5) is 28.4. The fraction of sp³-hybridized carbons (Fsp3) is 0.360. The van der Waals surface area contributed by atoms with Gasteiger partial charge in [0, 0.05) is 12.1 Å². The van der Waals surface area contributed by atoms with Crippen LogP contribution in [0.5, 0.6) is 5.75 Å². The summed E-state index contributed by atoms with van der Waals surface area (Å²) in [6, 6.07) is 13.1. The van der Waals surface area contributed by atoms with Gasteiger partial charge in [0.2, 0.25) is 0 Å². The minimum atomic E-state index is -0.338. The molecule has 1 saturated heterocycles. The number of benzene rings is 1. The van der Waals surface area contributed by atoms with Crippen LogP contribution < -0.4 is 15.4 Å². The van der Waals surface area contributed by atoms with Crippen LogP contribution in [0.2, 0.25) is 0 Å². The van der Waals surface area contributed by atoms with Gasteiger partial charge in [0.1, 0.15) is 5.75 Å². The lowest BCUT2D eigenvalue weighted by atomic mass is 10.0. The normalized spacial score (nSPS) is 15.1. The van der Waals surface area contributed by atoms with Crippen LogP contribution in [-0.2, 0) is 0 Å². The maximum absolute atomic E-state index is 13.1. The van der Waals surface area contributed by atoms with E-state index in [1.165, 1.54) is 24.0 Å². The molecule has 1 atom stereocenters. The van der Waals surface area contributed by atoms with Crippen molar-refractivity contribution in [1.82, 2.24) is 10.2 Å². The highest BCUT2D eigenvalue weighted by Crippen LogP contribution is 2.32. The largest absolute Gasteiger partial charge is 0.496 e. The maximum atomic E-state index is 13.1. The van der Waals surface area contributed by atoms with E-state index in [4.69, 9.17) is 9.15 Å². The van der Waals surface area contributed by atoms with Crippen molar-refractivity contribution < 1.29 is 18.7 Å². The van der Waals surface area contributed by atoms with Crippen LogP contribution in [0.25, 0.3) is 0 Å². The number of amides is 2. The average molecular weight is 468 g/mol. The Bertz CT molecular complexity index is 1090. The molecular weight excluding hydrogens is 438 g/mol. The van der Waals surface area contributed by atoms with Crippen LogP contribution in [0.15, 0.2) is 53.1 Å². The summed E-state index contributed by atoms with van der Waals surface area (Å²) in [5.74, 6) is 0.577. The van der Waals surface area contributed by atoms with Crippen molar-refractivity contribution >= 4 is 28.2 Å². The number of likely N-dealkylation sites (tertiary alicyclic amines) is 1. The molecule has 0 aliphatic carbocycles. The predicted molar refractivity (Wildman–Crippen MR) is 129 cm³/mol. The van der Waals surface area contributed by atoms with E-state index < -0.39 is 0 Å². The standard InChI is InChI=1S/C25H29N3O4S/c1-17-15-22(27-24(29)21-11-8-14-32-21)33-23(17)25(30)26-16-19(28-12-6-3-7-13-28)18-9-4-5-10-20(18)31-2/h4-5,8-11,14-15,19H,3,6-7,12-13,16H2,1-2H3,(H,26,30)(H,27,29). The third kappa shape index (κ3) is 5.46. The second-order valence-electron chi connectivity index (χ2n) is 8.12. The van der Waals surface area contributed by atoms with Crippen molar-refractivity contribution in [2.45, 2.75) is 32.2 Å². The number of carbonyl (C=O) groups is 2. The number of methoxy groups -OCH3 is 1. The number of carbonyl (C=O) groups excluding carboxylic acids is 2. The Hall–Kier alpha value is -3.10. The van der Waals surface area contributed by atoms with Crippen LogP contribution in [0.3, 0.4) is 0 Å². The van der Waals surface area contributed by atoms with E-state index in [-0.39, 0.29) is 23.6 Å². The Morgan fingerprint density at radius 1 is 1.12 bits per heavy atom. The van der Waals surface area contributed by atoms with Gasteiger partial charge in [-0.1, -0.05) is 24.6 Å². The van der Waals surface area contributed by atoms with Crippen molar-refractivity contribution in [3.05, 3.63) is 70.5 Å². The maximum Gasteiger partial charge on any atom is 0.291 e. The Labute approximate surface area is 197 Å². The highest BCUT2D eigenvalue weighted by molar-refractivity contribution is 7.18. The summed E-state index contributed by atoms with van der Waals surface area (Å²) in [5.41, 5.74) is 1.90. The van der Waals surface area contributed by atoms with Crippen LogP contribution in [-0.4, -0.2) is 43.5 Å². The summed E-state index contributed by atoms with van der Waals surface area (Å²) >= 11 is 1.26. The topological polar surface area (TPSA) is 83.8 Å². The predicted octanol–water partition coefficient (Wildman–Crippen LogP) is 4.87. The molecule has 1 aliphatic heterocycles. The lowest BCUT2D eigenvalue weighted by Crippen LogP contribution is -2.40. The molecule has 0 saturated carbocycles. The van der Waals surface area contributed by atoms with Gasteiger partial charge in [-0.25, -0.2) is 0 Å². The fourth-order valence-corrected chi connectivity index (χ4v) is 5.21. The first-order chi connectivity index (χ1) is 16.1. The van der Waals surface area contributed by atoms with Crippen LogP contribution in [0, 0.1) is 6.92 Å². The van der Waals surface area contributed by atoms with E-state index in [1.807, 2.05) is 31.2 Å². The quantitative estimate of drug-likeness (QED) is 0.494. The van der Waals surface area contributed by atoms with Gasteiger partial charge in [-0.3, -0.25) is 14.5 Å². The molecule has 4 rings (SSSR count). The highest BCUT2D eigenvalue weighted by atomic mass is 32.1. The molecule has 1 fully saturated rings. The molecule has 3 aromatic rings. The average Bonchev–Trinajstić information content (AvgIpc) is 3.50. The Morgan fingerprint density at radius 3 is 2.64 bits per heavy atom. The third-order valence-electron chi connectivity index (χ3n) is 5.89. The number of nitrogens with zero attached hydrogens (tertiary/aromatic N) is 1. The van der Waals surface area contributed by atoms with Gasteiger partial charge in [-0.05, 0) is 62.7 Å². The summed E-state index contributed by atoms with van der Waals surface area (Å²) < 4.78 is 10.7. The van der Waals surface area contributed by atoms with E-state index >= 15 is 0 Å². The zero-order valence-corrected chi connectivity index (χ0v) is 19.7. The minimum absolute atomic E-state index is 0.0313. The van der Waals surface area contributed by atoms with Crippen LogP contribution in [0.4, 0.5) is 5.00 Å². The second kappa shape index (κ2) is 10.7. The lowest BCUT2D eigenvalue weighted by molar-refractivity contribution is 0.0926. The number of piperidine rings is 1. The monoisotopic (exact) mass is 467 g/mol. The third-order valence-corrected chi connectivity index (χ3v) is 7.04. The molecule has 1 unspecified atom stereocenters. The lowest BCUT2D eigenvalue weighted by Gasteiger charge is -2.35. The number of hydrogen-bond donors (Lipinski definition) is 2. The number of ether oxygens (including phenoxy) is 1. The molecule has 3 heterocycles. The minimum Gasteiger partial charge on any atom is -0.496 e. The Kier molecular flexibility index (Phi) is 7.47. The summed E-state index contributed by atoms with van der Waals surface area (Å²) in [7, 11) is 1.68. The zero-order chi connectivity index (χ0) is 23.2. The SMILES string of the molecule is COc1ccccc1C(CNC(=O)c1sc(NC(=O)c2ccco2)cc1C)N1CCCCC1. The van der Waals surface area contributed by atoms with E-state index in [0.29, 0.717) is 16.4 Å². The van der Waals surface area contributed by atoms with Crippen molar-refractivity contribution in [2.24, 2.45) is 0 Å². The number of rotatable bonds is 8. The van der Waals surface area contributed by atoms with Gasteiger partial charge in [0.25, 0.3) is 11.8 Å². The number of nitrogens with one attached hydrogen (secondary N) is 2. The van der Waals surface area contributed by atoms with Gasteiger partial charge in [0.15, 0.2) is 5.76 Å². The van der Waals surface area contributed by atoms with Crippen molar-refractivity contribution in [1.29, 1.82) is 0 Å². The van der Waals surface area contributed by atoms with Crippen LogP contribution in [0.1, 0.15) is 56.7 Å². The molecule has 2 aromatic heterocycles. The Morgan fingerprint density at radius 2 is 1.91 bits per heavy atom. The molecule has 0 bridgehead atoms. The van der Waals surface area contributed by atoms with E-state index in [9.17, 15) is 9.59 Å². The van der Waals surface area contributed by atoms with Crippen LogP contribution >= 0.6 is 11.3 Å². The van der Waals surface area contributed by atoms with Crippen molar-refractivity contribution in [2.75, 3.05) is 32.1 Å².